The van der Waals surface area contributed by atoms with Crippen molar-refractivity contribution in [2.75, 3.05) is 6.61 Å². The van der Waals surface area contributed by atoms with Crippen molar-refractivity contribution in [2.24, 2.45) is 56.7 Å². The van der Waals surface area contributed by atoms with E-state index in [9.17, 15) is 25.2 Å². The van der Waals surface area contributed by atoms with Crippen molar-refractivity contribution < 1.29 is 25.2 Å². The van der Waals surface area contributed by atoms with E-state index in [0.29, 0.717) is 24.2 Å². The van der Waals surface area contributed by atoms with E-state index < -0.39 is 29.0 Å². The Kier molecular flexibility index (Phi) is 4.76. The Morgan fingerprint density at radius 1 is 1.06 bits per heavy atom. The first kappa shape index (κ1) is 23.5. The summed E-state index contributed by atoms with van der Waals surface area (Å²) < 4.78 is 0. The van der Waals surface area contributed by atoms with Gasteiger partial charge in [-0.25, -0.2) is 0 Å². The number of aliphatic hydroxyl groups is 3. The fourth-order valence-corrected chi connectivity index (χ4v) is 11.4. The summed E-state index contributed by atoms with van der Waals surface area (Å²) in [7, 11) is 0. The van der Waals surface area contributed by atoms with Crippen LogP contribution in [-0.2, 0) is 4.79 Å². The lowest BCUT2D eigenvalue weighted by molar-refractivity contribution is -0.222. The number of rotatable bonds is 2. The molecule has 2 spiro atoms. The molecule has 0 amide bonds. The third-order valence-corrected chi connectivity index (χ3v) is 13.4. The van der Waals surface area contributed by atoms with Crippen molar-refractivity contribution in [2.45, 2.75) is 97.7 Å². The summed E-state index contributed by atoms with van der Waals surface area (Å²) in [6.45, 7) is 8.81. The van der Waals surface area contributed by atoms with Crippen LogP contribution in [0.3, 0.4) is 0 Å². The van der Waals surface area contributed by atoms with E-state index in [-0.39, 0.29) is 34.7 Å². The second-order valence-corrected chi connectivity index (χ2v) is 14.2. The number of allylic oxidation sites excluding steroid dienone is 2. The van der Waals surface area contributed by atoms with Crippen LogP contribution in [0.4, 0.5) is 0 Å². The molecule has 0 saturated heterocycles. The zero-order valence-electron chi connectivity index (χ0n) is 21.4. The number of fused-ring (bicyclic) bond motifs is 4. The Morgan fingerprint density at radius 3 is 2.47 bits per heavy atom. The van der Waals surface area contributed by atoms with Crippen LogP contribution in [0.15, 0.2) is 11.6 Å². The lowest BCUT2D eigenvalue weighted by atomic mass is 9.40. The van der Waals surface area contributed by atoms with Gasteiger partial charge in [-0.3, -0.25) is 4.79 Å². The van der Waals surface area contributed by atoms with Gasteiger partial charge in [0, 0.05) is 5.41 Å². The van der Waals surface area contributed by atoms with Gasteiger partial charge in [0.1, 0.15) is 0 Å². The molecule has 0 aliphatic heterocycles. The fourth-order valence-electron chi connectivity index (χ4n) is 11.4. The molecule has 190 valence electrons. The molecule has 5 nitrogen and oxygen atoms in total. The first-order chi connectivity index (χ1) is 15.9. The smallest absolute Gasteiger partial charge is 0.310 e. The Morgan fingerprint density at radius 2 is 1.79 bits per heavy atom. The minimum Gasteiger partial charge on any atom is -0.481 e. The summed E-state index contributed by atoms with van der Waals surface area (Å²) >= 11 is 0. The van der Waals surface area contributed by atoms with Crippen LogP contribution in [0.5, 0.6) is 0 Å². The first-order valence-corrected chi connectivity index (χ1v) is 13.8. The van der Waals surface area contributed by atoms with Crippen molar-refractivity contribution in [3.63, 3.8) is 0 Å². The second-order valence-electron chi connectivity index (χ2n) is 14.2. The summed E-state index contributed by atoms with van der Waals surface area (Å²) in [5.74, 6) is 1.11. The summed E-state index contributed by atoms with van der Waals surface area (Å²) in [4.78, 5) is 12.7. The van der Waals surface area contributed by atoms with Crippen molar-refractivity contribution in [3.8, 4) is 0 Å². The largest absolute Gasteiger partial charge is 0.481 e. The predicted octanol–water partition coefficient (Wildman–Crippen LogP) is 4.40. The van der Waals surface area contributed by atoms with E-state index in [0.717, 1.165) is 44.9 Å². The molecule has 5 saturated carbocycles. The van der Waals surface area contributed by atoms with Crippen LogP contribution in [0, 0.1) is 56.7 Å². The minimum absolute atomic E-state index is 0.101. The van der Waals surface area contributed by atoms with E-state index in [4.69, 9.17) is 0 Å². The molecular formula is C29H44O5. The molecule has 5 heteroatoms. The van der Waals surface area contributed by atoms with Crippen LogP contribution in [0.2, 0.25) is 0 Å². The number of carboxylic acid groups (broad SMARTS) is 1. The number of carboxylic acids is 1. The molecule has 0 unspecified atom stereocenters. The summed E-state index contributed by atoms with van der Waals surface area (Å²) in [6, 6.07) is 0. The standard InChI is InChI=1S/C29H44O5/c1-16-7-9-27(24(33)34)11-12-28-14-29(28)10-8-20-25(3,13-19(31)23(32)26(20,4)15-30)21(29)6-5-18(28)22(27)17(16)2/h5,16-17,19-23,30-32H,6-15H2,1-4H3,(H,33,34)/t16-,17+,19-,20-,21-,22-,23+,25+,26+,27+,28+,29-/m1/s1. The lowest BCUT2D eigenvalue weighted by Gasteiger charge is -2.65. The molecule has 0 aromatic rings. The molecule has 5 fully saturated rings. The molecule has 0 heterocycles. The molecule has 34 heavy (non-hydrogen) atoms. The first-order valence-electron chi connectivity index (χ1n) is 13.8. The van der Waals surface area contributed by atoms with Gasteiger partial charge >= 0.3 is 5.97 Å². The van der Waals surface area contributed by atoms with Gasteiger partial charge in [-0.05, 0) is 104 Å². The Labute approximate surface area is 204 Å². The van der Waals surface area contributed by atoms with Gasteiger partial charge < -0.3 is 20.4 Å². The average Bonchev–Trinajstić information content (AvgIpc) is 3.46. The highest BCUT2D eigenvalue weighted by Gasteiger charge is 2.80. The average molecular weight is 473 g/mol. The predicted molar refractivity (Wildman–Crippen MR) is 129 cm³/mol. The molecule has 6 aliphatic rings. The molecule has 0 aromatic heterocycles. The molecule has 0 bridgehead atoms. The normalized spacial score (nSPS) is 60.0. The maximum atomic E-state index is 12.7. The van der Waals surface area contributed by atoms with Crippen molar-refractivity contribution in [1.82, 2.24) is 0 Å². The van der Waals surface area contributed by atoms with Gasteiger partial charge in [-0.15, -0.1) is 0 Å². The third-order valence-electron chi connectivity index (χ3n) is 13.4. The molecule has 0 aromatic carbocycles. The Balaban J connectivity index is 1.43. The Hall–Kier alpha value is -0.910. The van der Waals surface area contributed by atoms with Crippen LogP contribution < -0.4 is 0 Å². The van der Waals surface area contributed by atoms with E-state index in [2.05, 4.69) is 26.8 Å². The molecule has 12 atom stereocenters. The molecule has 6 rings (SSSR count). The van der Waals surface area contributed by atoms with Crippen molar-refractivity contribution >= 4 is 5.97 Å². The number of hydrogen-bond acceptors (Lipinski definition) is 4. The zero-order chi connectivity index (χ0) is 24.5. The maximum Gasteiger partial charge on any atom is 0.310 e. The van der Waals surface area contributed by atoms with Crippen LogP contribution in [0.25, 0.3) is 0 Å². The fraction of sp³-hybridized carbons (Fsp3) is 0.897. The number of aliphatic carboxylic acids is 1. The zero-order valence-corrected chi connectivity index (χ0v) is 21.4. The van der Waals surface area contributed by atoms with Crippen LogP contribution >= 0.6 is 0 Å². The SMILES string of the molecule is C[C@H]1[C@H](C)CC[C@]2(C(=O)O)CC[C@@]34C[C@@]35CC[C@@H]3[C@](C)(C[C@@H](O)[C@H](O)[C@@]3(C)CO)[C@H]5CC=C4[C@@H]12. The van der Waals surface area contributed by atoms with E-state index in [1.807, 2.05) is 6.92 Å². The summed E-state index contributed by atoms with van der Waals surface area (Å²) in [6.07, 6.45) is 9.16. The highest BCUT2D eigenvalue weighted by atomic mass is 16.4. The van der Waals surface area contributed by atoms with Crippen molar-refractivity contribution in [1.29, 1.82) is 0 Å². The van der Waals surface area contributed by atoms with Crippen molar-refractivity contribution in [3.05, 3.63) is 11.6 Å². The third kappa shape index (κ3) is 2.41. The van der Waals surface area contributed by atoms with Gasteiger partial charge in [-0.2, -0.15) is 0 Å². The minimum atomic E-state index is -0.886. The monoisotopic (exact) mass is 472 g/mol. The van der Waals surface area contributed by atoms with Crippen LogP contribution in [0.1, 0.15) is 85.5 Å². The topological polar surface area (TPSA) is 98.0 Å². The van der Waals surface area contributed by atoms with Gasteiger partial charge in [0.15, 0.2) is 0 Å². The second kappa shape index (κ2) is 6.89. The van der Waals surface area contributed by atoms with Gasteiger partial charge in [-0.1, -0.05) is 39.3 Å². The molecular weight excluding hydrogens is 428 g/mol. The van der Waals surface area contributed by atoms with Gasteiger partial charge in [0.2, 0.25) is 0 Å². The van der Waals surface area contributed by atoms with E-state index in [1.54, 1.807) is 0 Å². The van der Waals surface area contributed by atoms with Gasteiger partial charge in [0.25, 0.3) is 0 Å². The highest BCUT2D eigenvalue weighted by Crippen LogP contribution is 2.87. The molecule has 0 radical (unpaired) electrons. The summed E-state index contributed by atoms with van der Waals surface area (Å²) in [5, 5.41) is 42.7. The van der Waals surface area contributed by atoms with E-state index >= 15 is 0 Å². The molecule has 6 aliphatic carbocycles. The quantitative estimate of drug-likeness (QED) is 0.447. The highest BCUT2D eigenvalue weighted by molar-refractivity contribution is 5.77. The van der Waals surface area contributed by atoms with Crippen LogP contribution in [-0.4, -0.2) is 45.2 Å². The summed E-state index contributed by atoms with van der Waals surface area (Å²) in [5.41, 5.74) is 0.410. The number of carbonyl (C=O) groups is 1. The number of aliphatic hydroxyl groups excluding tert-OH is 3. The maximum absolute atomic E-state index is 12.7. The van der Waals surface area contributed by atoms with Gasteiger partial charge in [0.05, 0.1) is 24.2 Å². The Bertz CT molecular complexity index is 945. The lowest BCUT2D eigenvalue weighted by Crippen LogP contribution is -2.64. The number of hydrogen-bond donors (Lipinski definition) is 4. The van der Waals surface area contributed by atoms with E-state index in [1.165, 1.54) is 12.0 Å². The molecule has 4 N–H and O–H groups in total.